The van der Waals surface area contributed by atoms with Crippen LogP contribution < -0.4 is 0 Å². The average Bonchev–Trinajstić information content (AvgIpc) is 2.09. The van der Waals surface area contributed by atoms with Gasteiger partial charge in [0.05, 0.1) is 0 Å². The Labute approximate surface area is 115 Å². The van der Waals surface area contributed by atoms with E-state index in [-0.39, 0.29) is 0 Å². The molecule has 0 aromatic rings. The second-order valence-corrected chi connectivity index (χ2v) is 10.2. The fourth-order valence-corrected chi connectivity index (χ4v) is 6.10. The molecule has 0 rings (SSSR count). The van der Waals surface area contributed by atoms with Gasteiger partial charge >= 0.3 is 114 Å². The predicted molar refractivity (Wildman–Crippen MR) is 38.8 cm³/mol. The van der Waals surface area contributed by atoms with Crippen molar-refractivity contribution in [3.63, 3.8) is 0 Å². The van der Waals surface area contributed by atoms with Gasteiger partial charge in [0.25, 0.3) is 0 Å². The summed E-state index contributed by atoms with van der Waals surface area (Å²) in [6.07, 6.45) is -22.3. The van der Waals surface area contributed by atoms with Crippen LogP contribution in [0.25, 0.3) is 0 Å². The summed E-state index contributed by atoms with van der Waals surface area (Å²) in [4.78, 5) is 0. The van der Waals surface area contributed by atoms with Gasteiger partial charge in [-0.3, -0.25) is 0 Å². The monoisotopic (exact) mass is 426 g/mol. The van der Waals surface area contributed by atoms with E-state index in [0.717, 1.165) is 0 Å². The van der Waals surface area contributed by atoms with E-state index in [1.807, 2.05) is 0 Å². The molecule has 0 saturated carbocycles. The van der Waals surface area contributed by atoms with E-state index in [1.54, 1.807) is 0 Å². The zero-order chi connectivity index (χ0) is 18.6. The molecule has 0 unspecified atom stereocenters. The molecule has 0 bridgehead atoms. The summed E-state index contributed by atoms with van der Waals surface area (Å²) < 4.78 is 160. The van der Waals surface area contributed by atoms with Gasteiger partial charge in [0.2, 0.25) is 0 Å². The first-order valence-electron chi connectivity index (χ1n) is 4.45. The number of hydrogen-bond acceptors (Lipinski definition) is 0. The van der Waals surface area contributed by atoms with Crippen molar-refractivity contribution in [2.45, 2.75) is 32.0 Å². The number of hydrogen-bond donors (Lipinski definition) is 0. The van der Waals surface area contributed by atoms with Crippen molar-refractivity contribution in [3.05, 3.63) is 0 Å². The minimum absolute atomic E-state index is 7.44. The van der Waals surface area contributed by atoms with Gasteiger partial charge in [-0.25, -0.2) is 0 Å². The van der Waals surface area contributed by atoms with Crippen LogP contribution in [-0.4, -0.2) is 48.2 Å². The van der Waals surface area contributed by atoms with Gasteiger partial charge in [-0.1, -0.05) is 0 Å². The SMILES string of the molecule is FC(F)(F)[C](F)(F)[Ga]([C](F)(F)C(F)(F)F)[C](F)(F)C(F)(F)F. The van der Waals surface area contributed by atoms with E-state index in [1.165, 1.54) is 0 Å². The van der Waals surface area contributed by atoms with Crippen LogP contribution in [0, 0.1) is 0 Å². The van der Waals surface area contributed by atoms with Crippen molar-refractivity contribution in [2.24, 2.45) is 0 Å². The molecule has 0 N–H and O–H groups in total. The van der Waals surface area contributed by atoms with Crippen LogP contribution in [0.15, 0.2) is 0 Å². The van der Waals surface area contributed by atoms with E-state index in [2.05, 4.69) is 0 Å². The van der Waals surface area contributed by atoms with Crippen LogP contribution >= 0.6 is 0 Å². The topological polar surface area (TPSA) is 0 Å². The van der Waals surface area contributed by atoms with Crippen molar-refractivity contribution >= 4 is 16.2 Å². The van der Waals surface area contributed by atoms with Crippen LogP contribution in [0.4, 0.5) is 65.9 Å². The quantitative estimate of drug-likeness (QED) is 0.454. The van der Waals surface area contributed by atoms with Crippen molar-refractivity contribution in [3.8, 4) is 0 Å². The Bertz CT molecular complexity index is 334. The Morgan fingerprint density at radius 3 is 0.545 bits per heavy atom. The normalized spacial score (nSPS) is 16.0. The second-order valence-electron chi connectivity index (χ2n) is 3.80. The average molecular weight is 427 g/mol. The summed E-state index contributed by atoms with van der Waals surface area (Å²) in [5.74, 6) is 0. The maximum absolute atomic E-state index is 12.6. The van der Waals surface area contributed by atoms with Gasteiger partial charge in [-0.2, -0.15) is 0 Å². The van der Waals surface area contributed by atoms with Gasteiger partial charge in [-0.05, 0) is 0 Å². The fourth-order valence-electron chi connectivity index (χ4n) is 1.17. The first-order chi connectivity index (χ1) is 9.12. The van der Waals surface area contributed by atoms with Crippen LogP contribution in [0.2, 0.25) is 0 Å². The Morgan fingerprint density at radius 2 is 0.455 bits per heavy atom. The van der Waals surface area contributed by atoms with Crippen LogP contribution in [0.1, 0.15) is 0 Å². The minimum atomic E-state index is -9.26. The maximum atomic E-state index is 12.6. The Hall–Kier alpha value is -0.414. The predicted octanol–water partition coefficient (Wildman–Crippen LogP) is 4.69. The van der Waals surface area contributed by atoms with Crippen molar-refractivity contribution < 1.29 is 65.9 Å². The van der Waals surface area contributed by atoms with E-state index < -0.39 is 48.2 Å². The molecule has 0 aliphatic rings. The standard InChI is InChI=1S/3C2F5.Ga/c3*3-1(4)2(5,6)7;. The van der Waals surface area contributed by atoms with E-state index >= 15 is 0 Å². The molecule has 16 heteroatoms. The van der Waals surface area contributed by atoms with E-state index in [9.17, 15) is 65.9 Å². The molecule has 0 radical (unpaired) electrons. The summed E-state index contributed by atoms with van der Waals surface area (Å²) in [5, 5.41) is 0. The van der Waals surface area contributed by atoms with Gasteiger partial charge in [0.15, 0.2) is 0 Å². The molecular formula is C6F15Ga. The Balaban J connectivity index is 6.53. The Morgan fingerprint density at radius 1 is 0.318 bits per heavy atom. The summed E-state index contributed by atoms with van der Waals surface area (Å²) in [6.45, 7) is 0. The van der Waals surface area contributed by atoms with Crippen LogP contribution in [-0.2, 0) is 0 Å². The molecule has 22 heavy (non-hydrogen) atoms. The summed E-state index contributed by atoms with van der Waals surface area (Å²) >= 11 is -9.26. The van der Waals surface area contributed by atoms with Crippen molar-refractivity contribution in [1.29, 1.82) is 0 Å². The van der Waals surface area contributed by atoms with Crippen molar-refractivity contribution in [1.82, 2.24) is 0 Å². The summed E-state index contributed by atoms with van der Waals surface area (Å²) in [5.41, 5.74) is 0. The first-order valence-corrected chi connectivity index (χ1v) is 8.08. The molecule has 0 atom stereocenters. The van der Waals surface area contributed by atoms with Crippen LogP contribution in [0.3, 0.4) is 0 Å². The van der Waals surface area contributed by atoms with Crippen LogP contribution in [0.5, 0.6) is 0 Å². The molecule has 0 aromatic heterocycles. The first kappa shape index (κ1) is 21.6. The molecule has 132 valence electrons. The van der Waals surface area contributed by atoms with E-state index in [0.29, 0.717) is 0 Å². The zero-order valence-electron chi connectivity index (χ0n) is 9.25. The van der Waals surface area contributed by atoms with E-state index in [4.69, 9.17) is 0 Å². The number of halogens is 15. The molecule has 0 saturated heterocycles. The molecular weight excluding hydrogens is 427 g/mol. The third-order valence-corrected chi connectivity index (χ3v) is 8.85. The van der Waals surface area contributed by atoms with Gasteiger partial charge in [0.1, 0.15) is 0 Å². The zero-order valence-corrected chi connectivity index (χ0v) is 11.7. The molecule has 0 fully saturated rings. The van der Waals surface area contributed by atoms with Gasteiger partial charge in [-0.15, -0.1) is 0 Å². The summed E-state index contributed by atoms with van der Waals surface area (Å²) in [7, 11) is 0. The Kier molecular flexibility index (Phi) is 5.20. The van der Waals surface area contributed by atoms with Crippen molar-refractivity contribution in [2.75, 3.05) is 0 Å². The second kappa shape index (κ2) is 5.30. The third-order valence-electron chi connectivity index (χ3n) is 2.22. The molecule has 0 aliphatic carbocycles. The molecule has 0 spiro atoms. The molecule has 0 heterocycles. The molecule has 0 aromatic carbocycles. The molecule has 0 aliphatic heterocycles. The third kappa shape index (κ3) is 3.40. The van der Waals surface area contributed by atoms with Gasteiger partial charge in [0, 0.05) is 0 Å². The number of alkyl halides is 15. The molecule has 0 nitrogen and oxygen atoms in total. The van der Waals surface area contributed by atoms with Gasteiger partial charge < -0.3 is 0 Å². The fraction of sp³-hybridized carbons (Fsp3) is 1.00. The summed E-state index contributed by atoms with van der Waals surface area (Å²) in [6, 6.07) is 0. The molecule has 0 amide bonds. The number of rotatable bonds is 3.